The van der Waals surface area contributed by atoms with Gasteiger partial charge in [-0.3, -0.25) is 19.7 Å². The van der Waals surface area contributed by atoms with E-state index < -0.39 is 35.8 Å². The summed E-state index contributed by atoms with van der Waals surface area (Å²) >= 11 is 0. The number of hydrogen-bond donors (Lipinski definition) is 1. The molecule has 5 unspecified atom stereocenters. The normalized spacial score (nSPS) is 28.2. The number of rotatable bonds is 6. The summed E-state index contributed by atoms with van der Waals surface area (Å²) in [6, 6.07) is 10.9. The fourth-order valence-corrected chi connectivity index (χ4v) is 4.93. The highest BCUT2D eigenvalue weighted by atomic mass is 16.5. The molecule has 0 bridgehead atoms. The van der Waals surface area contributed by atoms with Crippen LogP contribution >= 0.6 is 0 Å². The van der Waals surface area contributed by atoms with Gasteiger partial charge in [-0.15, -0.1) is 0 Å². The van der Waals surface area contributed by atoms with E-state index in [2.05, 4.69) is 5.32 Å². The molecule has 3 aliphatic rings. The van der Waals surface area contributed by atoms with Crippen molar-refractivity contribution in [2.75, 3.05) is 0 Å². The number of imide groups is 1. The molecule has 0 spiro atoms. The minimum absolute atomic E-state index is 0.207. The molecule has 37 heavy (non-hydrogen) atoms. The number of nitrogens with zero attached hydrogens (tertiary/aromatic N) is 2. The minimum Gasteiger partial charge on any atom is -0.489 e. The van der Waals surface area contributed by atoms with Crippen LogP contribution in [0.2, 0.25) is 0 Å². The third-order valence-electron chi connectivity index (χ3n) is 7.07. The smallest absolute Gasteiger partial charge is 0.255 e. The van der Waals surface area contributed by atoms with Gasteiger partial charge < -0.3 is 19.3 Å². The molecule has 3 aliphatic heterocycles. The Morgan fingerprint density at radius 3 is 2.30 bits per heavy atom. The van der Waals surface area contributed by atoms with Crippen molar-refractivity contribution in [1.29, 1.82) is 0 Å². The first kappa shape index (κ1) is 25.7. The second-order valence-corrected chi connectivity index (χ2v) is 9.51. The van der Waals surface area contributed by atoms with Crippen LogP contribution in [-0.2, 0) is 34.0 Å². The molecular weight excluding hydrogens is 466 g/mol. The first-order chi connectivity index (χ1) is 17.7. The molecule has 0 aromatic heterocycles. The van der Waals surface area contributed by atoms with Crippen LogP contribution < -0.4 is 10.1 Å². The number of hydrogen-bond acceptors (Lipinski definition) is 6. The van der Waals surface area contributed by atoms with Gasteiger partial charge in [0.15, 0.2) is 0 Å². The predicted octanol–water partition coefficient (Wildman–Crippen LogP) is -0.163. The number of benzene rings is 2. The molecule has 2 aromatic rings. The van der Waals surface area contributed by atoms with E-state index >= 15 is 0 Å². The number of fused-ring (bicyclic) bond motifs is 1. The quantitative estimate of drug-likeness (QED) is 0.449. The van der Waals surface area contributed by atoms with Crippen molar-refractivity contribution in [3.63, 3.8) is 0 Å². The van der Waals surface area contributed by atoms with Crippen LogP contribution in [-0.4, -0.2) is 88.8 Å². The van der Waals surface area contributed by atoms with E-state index in [9.17, 15) is 14.4 Å². The molecule has 8 nitrogen and oxygen atoms in total. The molecule has 180 valence electrons. The lowest BCUT2D eigenvalue weighted by Crippen LogP contribution is -2.61. The highest BCUT2D eigenvalue weighted by Gasteiger charge is 2.40. The highest BCUT2D eigenvalue weighted by molar-refractivity contribution is 6.24. The first-order valence-corrected chi connectivity index (χ1v) is 12.1. The summed E-state index contributed by atoms with van der Waals surface area (Å²) in [7, 11) is 24.1. The third-order valence-corrected chi connectivity index (χ3v) is 7.07. The standard InChI is InChI=1S/C25H23B4N3O5/c26-20-22(28)37-23(29)21(27)32(20)10-13-4-6-14(7-5-13)12-36-18-3-1-2-15-16(18)11-31(25(15)35)17-8-9-19(33)30-24(17)34/h1-7,17,20-23H,8-12H2,(H,30,33,34). The van der Waals surface area contributed by atoms with Crippen molar-refractivity contribution in [2.45, 2.75) is 62.5 Å². The average molecular weight is 489 g/mol. The van der Waals surface area contributed by atoms with Gasteiger partial charge in [-0.05, 0) is 41.6 Å². The third kappa shape index (κ3) is 5.09. The molecule has 5 atom stereocenters. The van der Waals surface area contributed by atoms with Crippen LogP contribution in [0.15, 0.2) is 42.5 Å². The van der Waals surface area contributed by atoms with Crippen LogP contribution in [0.1, 0.15) is 39.9 Å². The molecule has 2 fully saturated rings. The van der Waals surface area contributed by atoms with Crippen LogP contribution in [0, 0.1) is 0 Å². The van der Waals surface area contributed by atoms with E-state index in [0.717, 1.165) is 16.7 Å². The Labute approximate surface area is 221 Å². The first-order valence-electron chi connectivity index (χ1n) is 12.1. The zero-order chi connectivity index (χ0) is 26.3. The largest absolute Gasteiger partial charge is 0.489 e. The van der Waals surface area contributed by atoms with Gasteiger partial charge in [0, 0.05) is 36.1 Å². The topological polar surface area (TPSA) is 88.2 Å². The molecule has 2 aromatic carbocycles. The maximum atomic E-state index is 13.0. The second kappa shape index (κ2) is 10.4. The van der Waals surface area contributed by atoms with E-state index in [1.807, 2.05) is 35.2 Å². The Morgan fingerprint density at radius 1 is 0.946 bits per heavy atom. The van der Waals surface area contributed by atoms with Gasteiger partial charge in [-0.1, -0.05) is 30.3 Å². The van der Waals surface area contributed by atoms with Gasteiger partial charge in [0.2, 0.25) is 11.8 Å². The average Bonchev–Trinajstić information content (AvgIpc) is 3.21. The number of morpholine rings is 1. The van der Waals surface area contributed by atoms with E-state index in [1.165, 1.54) is 4.90 Å². The zero-order valence-electron chi connectivity index (χ0n) is 20.2. The summed E-state index contributed by atoms with van der Waals surface area (Å²) < 4.78 is 11.4. The van der Waals surface area contributed by atoms with E-state index in [0.29, 0.717) is 24.3 Å². The van der Waals surface area contributed by atoms with Gasteiger partial charge in [-0.25, -0.2) is 0 Å². The molecule has 0 saturated carbocycles. The van der Waals surface area contributed by atoms with E-state index in [-0.39, 0.29) is 31.4 Å². The van der Waals surface area contributed by atoms with Gasteiger partial charge in [0.05, 0.1) is 22.2 Å². The number of ether oxygens (including phenoxy) is 2. The Balaban J connectivity index is 1.23. The molecule has 3 amide bonds. The number of carbonyl (C=O) groups is 3. The van der Waals surface area contributed by atoms with Crippen LogP contribution in [0.3, 0.4) is 0 Å². The molecule has 0 aliphatic carbocycles. The summed E-state index contributed by atoms with van der Waals surface area (Å²) in [4.78, 5) is 40.1. The molecular formula is C25H23B4N3O5. The van der Waals surface area contributed by atoms with E-state index in [1.54, 1.807) is 12.1 Å². The molecule has 3 heterocycles. The van der Waals surface area contributed by atoms with Crippen molar-refractivity contribution < 1.29 is 23.9 Å². The number of carbonyl (C=O) groups excluding carboxylic acids is 3. The summed E-state index contributed by atoms with van der Waals surface area (Å²) in [5.41, 5.74) is 3.14. The van der Waals surface area contributed by atoms with E-state index in [4.69, 9.17) is 40.9 Å². The number of nitrogens with one attached hydrogen (secondary N) is 1. The minimum atomic E-state index is -0.729. The van der Waals surface area contributed by atoms with Gasteiger partial charge in [0.25, 0.3) is 5.91 Å². The van der Waals surface area contributed by atoms with Gasteiger partial charge in [-0.2, -0.15) is 0 Å². The molecule has 8 radical (unpaired) electrons. The van der Waals surface area contributed by atoms with Crippen molar-refractivity contribution >= 4 is 49.1 Å². The van der Waals surface area contributed by atoms with Crippen molar-refractivity contribution in [1.82, 2.24) is 15.1 Å². The summed E-state index contributed by atoms with van der Waals surface area (Å²) in [5.74, 6) is -1.58. The van der Waals surface area contributed by atoms with Crippen molar-refractivity contribution in [3.8, 4) is 5.75 Å². The Bertz CT molecular complexity index is 1200. The molecule has 5 rings (SSSR count). The lowest BCUT2D eigenvalue weighted by molar-refractivity contribution is -0.136. The maximum Gasteiger partial charge on any atom is 0.255 e. The monoisotopic (exact) mass is 489 g/mol. The maximum absolute atomic E-state index is 13.0. The summed E-state index contributed by atoms with van der Waals surface area (Å²) in [5, 5.41) is 2.32. The Hall–Kier alpha value is -2.97. The van der Waals surface area contributed by atoms with Crippen molar-refractivity contribution in [2.24, 2.45) is 0 Å². The fraction of sp³-hybridized carbons (Fsp3) is 0.400. The lowest BCUT2D eigenvalue weighted by atomic mass is 9.69. The fourth-order valence-electron chi connectivity index (χ4n) is 4.93. The molecule has 2 saturated heterocycles. The Kier molecular flexibility index (Phi) is 7.23. The number of piperidine rings is 1. The number of amides is 3. The van der Waals surface area contributed by atoms with Gasteiger partial charge in [0.1, 0.15) is 34.1 Å². The zero-order valence-corrected chi connectivity index (χ0v) is 20.2. The van der Waals surface area contributed by atoms with Crippen LogP contribution in [0.4, 0.5) is 0 Å². The van der Waals surface area contributed by atoms with Crippen LogP contribution in [0.5, 0.6) is 5.75 Å². The molecule has 12 heteroatoms. The molecule has 1 N–H and O–H groups in total. The second-order valence-electron chi connectivity index (χ2n) is 9.51. The highest BCUT2D eigenvalue weighted by Crippen LogP contribution is 2.34. The van der Waals surface area contributed by atoms with Gasteiger partial charge >= 0.3 is 0 Å². The predicted molar refractivity (Wildman–Crippen MR) is 138 cm³/mol. The summed E-state index contributed by atoms with van der Waals surface area (Å²) in [6.45, 7) is 0.994. The Morgan fingerprint density at radius 2 is 1.62 bits per heavy atom. The summed E-state index contributed by atoms with van der Waals surface area (Å²) in [6.07, 6.45) is 0.518. The van der Waals surface area contributed by atoms with Crippen molar-refractivity contribution in [3.05, 3.63) is 64.7 Å². The van der Waals surface area contributed by atoms with Crippen LogP contribution in [0.25, 0.3) is 0 Å². The lowest BCUT2D eigenvalue weighted by Gasteiger charge is -2.48. The SMILES string of the molecule is [B]C1OC([B])C([B])N(Cc2ccc(COc3cccc4c3CN(C3CCC(=O)NC3=O)C4=O)cc2)C1[B].